The van der Waals surface area contributed by atoms with Crippen molar-refractivity contribution in [2.45, 2.75) is 25.9 Å². The Morgan fingerprint density at radius 2 is 1.91 bits per heavy atom. The molecule has 1 fully saturated rings. The van der Waals surface area contributed by atoms with E-state index in [1.807, 2.05) is 28.8 Å². The number of anilines is 1. The van der Waals surface area contributed by atoms with Crippen LogP contribution in [0.2, 0.25) is 0 Å². The van der Waals surface area contributed by atoms with Gasteiger partial charge in [0.25, 0.3) is 0 Å². The van der Waals surface area contributed by atoms with Gasteiger partial charge in [-0.3, -0.25) is 4.98 Å². The number of benzene rings is 1. The smallest absolute Gasteiger partial charge is 0.155 e. The maximum atomic E-state index is 14.1. The normalized spacial score (nSPS) is 18.8. The zero-order chi connectivity index (χ0) is 22.2. The van der Waals surface area contributed by atoms with E-state index in [2.05, 4.69) is 29.0 Å². The Kier molecular flexibility index (Phi) is 5.22. The molecule has 0 spiro atoms. The van der Waals surface area contributed by atoms with E-state index in [9.17, 15) is 4.39 Å². The molecule has 8 heteroatoms. The third-order valence-corrected chi connectivity index (χ3v) is 5.70. The molecule has 32 heavy (non-hydrogen) atoms. The van der Waals surface area contributed by atoms with Gasteiger partial charge in [-0.05, 0) is 44.2 Å². The summed E-state index contributed by atoms with van der Waals surface area (Å²) in [6.45, 7) is 6.08. The quantitative estimate of drug-likeness (QED) is 0.529. The van der Waals surface area contributed by atoms with Crippen molar-refractivity contribution in [3.63, 3.8) is 0 Å². The van der Waals surface area contributed by atoms with E-state index in [-0.39, 0.29) is 5.82 Å². The number of rotatable bonds is 4. The highest BCUT2D eigenvalue weighted by atomic mass is 19.1. The number of imidazole rings is 1. The highest BCUT2D eigenvalue weighted by Gasteiger charge is 2.25. The molecule has 4 aromatic rings. The first-order chi connectivity index (χ1) is 15.5. The van der Waals surface area contributed by atoms with Crippen molar-refractivity contribution in [2.75, 3.05) is 25.1 Å². The highest BCUT2D eigenvalue weighted by Crippen LogP contribution is 2.37. The minimum atomic E-state index is -0.315. The molecule has 7 nitrogen and oxygen atoms in total. The minimum Gasteiger partial charge on any atom is -0.494 e. The lowest BCUT2D eigenvalue weighted by Gasteiger charge is -2.36. The number of pyridine rings is 1. The van der Waals surface area contributed by atoms with Crippen molar-refractivity contribution >= 4 is 11.5 Å². The zero-order valence-corrected chi connectivity index (χ0v) is 18.3. The fourth-order valence-corrected chi connectivity index (χ4v) is 4.42. The predicted molar refractivity (Wildman–Crippen MR) is 122 cm³/mol. The van der Waals surface area contributed by atoms with Gasteiger partial charge in [-0.1, -0.05) is 12.1 Å². The van der Waals surface area contributed by atoms with Crippen LogP contribution in [0.3, 0.4) is 0 Å². The van der Waals surface area contributed by atoms with Crippen LogP contribution in [-0.2, 0) is 0 Å². The minimum absolute atomic E-state index is 0.315. The number of hydrogen-bond acceptors (Lipinski definition) is 6. The number of halogens is 1. The second kappa shape index (κ2) is 8.20. The number of nitrogens with zero attached hydrogens (tertiary/aromatic N) is 5. The summed E-state index contributed by atoms with van der Waals surface area (Å²) in [6, 6.07) is 13.0. The van der Waals surface area contributed by atoms with Gasteiger partial charge in [0.05, 0.1) is 19.0 Å². The summed E-state index contributed by atoms with van der Waals surface area (Å²) in [7, 11) is 1.61. The van der Waals surface area contributed by atoms with E-state index in [1.54, 1.807) is 25.6 Å². The summed E-state index contributed by atoms with van der Waals surface area (Å²) in [4.78, 5) is 11.3. The molecule has 0 unspecified atom stereocenters. The molecular formula is C24H25FN6O. The van der Waals surface area contributed by atoms with Gasteiger partial charge in [0.15, 0.2) is 5.65 Å². The van der Waals surface area contributed by atoms with Gasteiger partial charge >= 0.3 is 0 Å². The molecule has 0 aliphatic carbocycles. The first-order valence-electron chi connectivity index (χ1n) is 10.7. The van der Waals surface area contributed by atoms with Gasteiger partial charge < -0.3 is 15.0 Å². The van der Waals surface area contributed by atoms with Crippen LogP contribution in [0.25, 0.3) is 28.2 Å². The fraction of sp³-hybridized carbons (Fsp3) is 0.292. The summed E-state index contributed by atoms with van der Waals surface area (Å²) in [5, 5.41) is 8.52. The Morgan fingerprint density at radius 1 is 1.09 bits per heavy atom. The van der Waals surface area contributed by atoms with Crippen LogP contribution < -0.4 is 15.0 Å². The van der Waals surface area contributed by atoms with E-state index in [4.69, 9.17) is 14.8 Å². The van der Waals surface area contributed by atoms with Crippen LogP contribution >= 0.6 is 0 Å². The van der Waals surface area contributed by atoms with Gasteiger partial charge in [0, 0.05) is 42.5 Å². The lowest BCUT2D eigenvalue weighted by atomic mass is 10.1. The zero-order valence-electron chi connectivity index (χ0n) is 18.3. The third-order valence-electron chi connectivity index (χ3n) is 5.70. The molecule has 5 rings (SSSR count). The molecule has 1 N–H and O–H groups in total. The summed E-state index contributed by atoms with van der Waals surface area (Å²) in [6.07, 6.45) is 3.36. The average molecular weight is 433 g/mol. The Morgan fingerprint density at radius 3 is 2.66 bits per heavy atom. The maximum Gasteiger partial charge on any atom is 0.155 e. The summed E-state index contributed by atoms with van der Waals surface area (Å²) in [5.41, 5.74) is 3.53. The molecule has 1 aliphatic heterocycles. The highest BCUT2D eigenvalue weighted by molar-refractivity contribution is 5.84. The second-order valence-corrected chi connectivity index (χ2v) is 8.23. The predicted octanol–water partition coefficient (Wildman–Crippen LogP) is 3.79. The largest absolute Gasteiger partial charge is 0.494 e. The van der Waals surface area contributed by atoms with Gasteiger partial charge in [0.1, 0.15) is 23.1 Å². The molecule has 164 valence electrons. The van der Waals surface area contributed by atoms with E-state index in [0.29, 0.717) is 34.7 Å². The first-order valence-corrected chi connectivity index (χ1v) is 10.7. The van der Waals surface area contributed by atoms with Crippen LogP contribution in [0.1, 0.15) is 13.8 Å². The Hall–Kier alpha value is -3.52. The number of aromatic nitrogens is 4. The lowest BCUT2D eigenvalue weighted by molar-refractivity contribution is 0.404. The standard InChI is InChI=1S/C24H25FN6O/c1-15-13-30(14-16(2)27-15)22-8-7-21-28-23(17-5-4-6-18(25)11-17)24(31(21)29-22)19-9-10-26-12-20(19)32-3/h4-12,15-16,27H,13-14H2,1-3H3/t15-,16+. The summed E-state index contributed by atoms with van der Waals surface area (Å²) >= 11 is 0. The topological polar surface area (TPSA) is 67.6 Å². The van der Waals surface area contributed by atoms with E-state index in [0.717, 1.165) is 30.2 Å². The molecule has 1 aromatic carbocycles. The average Bonchev–Trinajstić information content (AvgIpc) is 3.17. The molecule has 0 radical (unpaired) electrons. The van der Waals surface area contributed by atoms with Crippen LogP contribution in [0.15, 0.2) is 54.9 Å². The van der Waals surface area contributed by atoms with E-state index in [1.165, 1.54) is 12.1 Å². The Bertz CT molecular complexity index is 1260. The van der Waals surface area contributed by atoms with Crippen LogP contribution in [0.4, 0.5) is 10.2 Å². The van der Waals surface area contributed by atoms with Gasteiger partial charge in [-0.15, -0.1) is 5.10 Å². The number of methoxy groups -OCH3 is 1. The molecule has 0 saturated carbocycles. The van der Waals surface area contributed by atoms with Gasteiger partial charge in [0.2, 0.25) is 0 Å². The monoisotopic (exact) mass is 432 g/mol. The van der Waals surface area contributed by atoms with Gasteiger partial charge in [-0.25, -0.2) is 13.9 Å². The molecule has 0 amide bonds. The van der Waals surface area contributed by atoms with Gasteiger partial charge in [-0.2, -0.15) is 0 Å². The number of ether oxygens (including phenoxy) is 1. The van der Waals surface area contributed by atoms with Crippen molar-refractivity contribution in [3.05, 3.63) is 60.7 Å². The first kappa shape index (κ1) is 20.4. The van der Waals surface area contributed by atoms with E-state index < -0.39 is 0 Å². The molecule has 0 bridgehead atoms. The molecule has 2 atom stereocenters. The number of hydrogen-bond donors (Lipinski definition) is 1. The summed E-state index contributed by atoms with van der Waals surface area (Å²) < 4.78 is 21.5. The molecule has 1 aliphatic rings. The molecular weight excluding hydrogens is 407 g/mol. The van der Waals surface area contributed by atoms with Crippen LogP contribution in [0, 0.1) is 5.82 Å². The second-order valence-electron chi connectivity index (χ2n) is 8.23. The lowest BCUT2D eigenvalue weighted by Crippen LogP contribution is -2.54. The SMILES string of the molecule is COc1cnccc1-c1c(-c2cccc(F)c2)nc2ccc(N3C[C@@H](C)N[C@@H](C)C3)nn12. The fourth-order valence-electron chi connectivity index (χ4n) is 4.42. The van der Waals surface area contributed by atoms with Crippen LogP contribution in [0.5, 0.6) is 5.75 Å². The number of nitrogens with one attached hydrogen (secondary N) is 1. The van der Waals surface area contributed by atoms with Crippen molar-refractivity contribution in [2.24, 2.45) is 0 Å². The van der Waals surface area contributed by atoms with Crippen molar-refractivity contribution < 1.29 is 9.13 Å². The Labute approximate surface area is 185 Å². The van der Waals surface area contributed by atoms with Crippen LogP contribution in [-0.4, -0.2) is 51.9 Å². The molecule has 3 aromatic heterocycles. The maximum absolute atomic E-state index is 14.1. The van der Waals surface area contributed by atoms with Crippen molar-refractivity contribution in [1.29, 1.82) is 0 Å². The summed E-state index contributed by atoms with van der Waals surface area (Å²) in [5.74, 6) is 1.16. The van der Waals surface area contributed by atoms with Crippen molar-refractivity contribution in [1.82, 2.24) is 24.9 Å². The molecule has 1 saturated heterocycles. The Balaban J connectivity index is 1.73. The van der Waals surface area contributed by atoms with Crippen molar-refractivity contribution in [3.8, 4) is 28.3 Å². The van der Waals surface area contributed by atoms with E-state index >= 15 is 0 Å². The number of piperazine rings is 1. The third kappa shape index (κ3) is 3.67. The molecule has 4 heterocycles. The number of fused-ring (bicyclic) bond motifs is 1.